The van der Waals surface area contributed by atoms with Crippen LogP contribution < -0.4 is 0 Å². The first kappa shape index (κ1) is 16.6. The highest BCUT2D eigenvalue weighted by Crippen LogP contribution is 2.28. The van der Waals surface area contributed by atoms with Crippen molar-refractivity contribution < 1.29 is 9.90 Å². The molecule has 0 aliphatic heterocycles. The van der Waals surface area contributed by atoms with E-state index in [0.717, 1.165) is 16.8 Å². The van der Waals surface area contributed by atoms with E-state index in [0.29, 0.717) is 17.1 Å². The predicted octanol–water partition coefficient (Wildman–Crippen LogP) is 4.57. The molecule has 1 aromatic carbocycles. The lowest BCUT2D eigenvalue weighted by Gasteiger charge is -2.09. The molecule has 0 unspecified atom stereocenters. The second-order valence-electron chi connectivity index (χ2n) is 5.94. The minimum atomic E-state index is -0.997. The van der Waals surface area contributed by atoms with Crippen LogP contribution in [0.2, 0.25) is 0 Å². The number of aromatic carboxylic acids is 1. The zero-order valence-corrected chi connectivity index (χ0v) is 14.3. The zero-order valence-electron chi connectivity index (χ0n) is 14.3. The first-order chi connectivity index (χ1) is 13.2. The average Bonchev–Trinajstić information content (AvgIpc) is 2.75. The van der Waals surface area contributed by atoms with E-state index < -0.39 is 5.97 Å². The summed E-state index contributed by atoms with van der Waals surface area (Å²) in [6, 6.07) is 22.5. The van der Waals surface area contributed by atoms with Crippen molar-refractivity contribution in [3.05, 3.63) is 90.8 Å². The molecule has 0 aliphatic rings. The maximum Gasteiger partial charge on any atom is 0.335 e. The van der Waals surface area contributed by atoms with Crippen molar-refractivity contribution in [1.29, 1.82) is 0 Å². The lowest BCUT2D eigenvalue weighted by molar-refractivity contribution is 0.0697. The Balaban J connectivity index is 1.91. The van der Waals surface area contributed by atoms with Crippen molar-refractivity contribution in [1.82, 2.24) is 15.0 Å². The first-order valence-electron chi connectivity index (χ1n) is 8.39. The number of rotatable bonds is 4. The largest absolute Gasteiger partial charge is 0.478 e. The number of aromatic nitrogens is 3. The molecule has 27 heavy (non-hydrogen) atoms. The molecule has 3 aromatic heterocycles. The number of carboxylic acid groups (broad SMARTS) is 1. The van der Waals surface area contributed by atoms with E-state index >= 15 is 0 Å². The minimum absolute atomic E-state index is 0.173. The molecule has 0 bridgehead atoms. The van der Waals surface area contributed by atoms with Gasteiger partial charge in [0.2, 0.25) is 0 Å². The van der Waals surface area contributed by atoms with Gasteiger partial charge in [-0.05, 0) is 47.5 Å². The van der Waals surface area contributed by atoms with Crippen LogP contribution >= 0.6 is 0 Å². The molecule has 0 radical (unpaired) electrons. The number of carbonyl (C=O) groups is 1. The predicted molar refractivity (Wildman–Crippen MR) is 103 cm³/mol. The van der Waals surface area contributed by atoms with Gasteiger partial charge in [-0.1, -0.05) is 36.4 Å². The van der Waals surface area contributed by atoms with Crippen molar-refractivity contribution in [2.45, 2.75) is 0 Å². The van der Waals surface area contributed by atoms with E-state index in [4.69, 9.17) is 0 Å². The molecule has 0 saturated heterocycles. The summed E-state index contributed by atoms with van der Waals surface area (Å²) in [5.74, 6) is -0.997. The maximum absolute atomic E-state index is 11.3. The summed E-state index contributed by atoms with van der Waals surface area (Å²) >= 11 is 0. The molecule has 3 heterocycles. The SMILES string of the molecule is O=C(O)c1ccnc(-c2cc(-c3ccccc3)cc(-c3ccccn3)n2)c1. The fourth-order valence-electron chi connectivity index (χ4n) is 2.81. The van der Waals surface area contributed by atoms with Crippen LogP contribution in [-0.2, 0) is 0 Å². The lowest BCUT2D eigenvalue weighted by Crippen LogP contribution is -1.99. The van der Waals surface area contributed by atoms with Gasteiger partial charge < -0.3 is 5.11 Å². The monoisotopic (exact) mass is 353 g/mol. The van der Waals surface area contributed by atoms with Crippen LogP contribution in [-0.4, -0.2) is 26.0 Å². The number of hydrogen-bond donors (Lipinski definition) is 1. The fourth-order valence-corrected chi connectivity index (χ4v) is 2.81. The van der Waals surface area contributed by atoms with Crippen LogP contribution in [0.3, 0.4) is 0 Å². The standard InChI is InChI=1S/C22H15N3O2/c26-22(27)16-9-11-24-19(12-16)21-14-17(15-6-2-1-3-7-15)13-20(25-21)18-8-4-5-10-23-18/h1-14H,(H,26,27). The van der Waals surface area contributed by atoms with Crippen molar-refractivity contribution in [3.63, 3.8) is 0 Å². The second-order valence-corrected chi connectivity index (χ2v) is 5.94. The van der Waals surface area contributed by atoms with E-state index in [-0.39, 0.29) is 5.56 Å². The summed E-state index contributed by atoms with van der Waals surface area (Å²) in [5, 5.41) is 9.26. The lowest BCUT2D eigenvalue weighted by atomic mass is 10.0. The first-order valence-corrected chi connectivity index (χ1v) is 8.39. The maximum atomic E-state index is 11.3. The number of pyridine rings is 3. The molecule has 5 nitrogen and oxygen atoms in total. The molecule has 0 aliphatic carbocycles. The number of benzene rings is 1. The van der Waals surface area contributed by atoms with Gasteiger partial charge in [0.05, 0.1) is 28.3 Å². The van der Waals surface area contributed by atoms with Gasteiger partial charge >= 0.3 is 5.97 Å². The third kappa shape index (κ3) is 3.57. The summed E-state index contributed by atoms with van der Waals surface area (Å²) in [6.07, 6.45) is 3.20. The van der Waals surface area contributed by atoms with Gasteiger partial charge in [-0.3, -0.25) is 9.97 Å². The Kier molecular flexibility index (Phi) is 4.41. The molecule has 1 N–H and O–H groups in total. The number of carboxylic acids is 1. The average molecular weight is 353 g/mol. The zero-order chi connectivity index (χ0) is 18.6. The molecular formula is C22H15N3O2. The molecule has 130 valence electrons. The van der Waals surface area contributed by atoms with Crippen LogP contribution in [0, 0.1) is 0 Å². The van der Waals surface area contributed by atoms with E-state index in [2.05, 4.69) is 15.0 Å². The van der Waals surface area contributed by atoms with E-state index in [1.54, 1.807) is 6.20 Å². The Hall–Kier alpha value is -3.86. The Morgan fingerprint density at radius 1 is 0.667 bits per heavy atom. The second kappa shape index (κ2) is 7.17. The molecule has 0 saturated carbocycles. The summed E-state index contributed by atoms with van der Waals surface area (Å²) in [4.78, 5) is 24.7. The van der Waals surface area contributed by atoms with Gasteiger partial charge in [0.15, 0.2) is 0 Å². The smallest absolute Gasteiger partial charge is 0.335 e. The Labute approximate surface area is 156 Å². The van der Waals surface area contributed by atoms with Gasteiger partial charge in [0.1, 0.15) is 0 Å². The molecular weight excluding hydrogens is 338 g/mol. The van der Waals surface area contributed by atoms with Gasteiger partial charge in [-0.15, -0.1) is 0 Å². The van der Waals surface area contributed by atoms with Crippen molar-refractivity contribution in [2.75, 3.05) is 0 Å². The highest BCUT2D eigenvalue weighted by molar-refractivity contribution is 5.89. The van der Waals surface area contributed by atoms with Crippen LogP contribution in [0.5, 0.6) is 0 Å². The summed E-state index contributed by atoms with van der Waals surface area (Å²) in [5.41, 5.74) is 4.72. The summed E-state index contributed by atoms with van der Waals surface area (Å²) in [6.45, 7) is 0. The third-order valence-electron chi connectivity index (χ3n) is 4.13. The molecule has 4 rings (SSSR count). The Morgan fingerprint density at radius 3 is 2.07 bits per heavy atom. The molecule has 5 heteroatoms. The highest BCUT2D eigenvalue weighted by atomic mass is 16.4. The quantitative estimate of drug-likeness (QED) is 0.581. The topological polar surface area (TPSA) is 76.0 Å². The summed E-state index contributed by atoms with van der Waals surface area (Å²) in [7, 11) is 0. The fraction of sp³-hybridized carbons (Fsp3) is 0. The van der Waals surface area contributed by atoms with Crippen LogP contribution in [0.25, 0.3) is 33.9 Å². The summed E-state index contributed by atoms with van der Waals surface area (Å²) < 4.78 is 0. The molecule has 0 atom stereocenters. The van der Waals surface area contributed by atoms with Crippen molar-refractivity contribution >= 4 is 5.97 Å². The van der Waals surface area contributed by atoms with Crippen molar-refractivity contribution in [3.8, 4) is 33.9 Å². The minimum Gasteiger partial charge on any atom is -0.478 e. The highest BCUT2D eigenvalue weighted by Gasteiger charge is 2.12. The third-order valence-corrected chi connectivity index (χ3v) is 4.13. The van der Waals surface area contributed by atoms with Gasteiger partial charge in [-0.25, -0.2) is 9.78 Å². The van der Waals surface area contributed by atoms with Crippen LogP contribution in [0.15, 0.2) is 85.2 Å². The van der Waals surface area contributed by atoms with Crippen molar-refractivity contribution in [2.24, 2.45) is 0 Å². The Bertz CT molecular complexity index is 1040. The molecule has 0 amide bonds. The van der Waals surface area contributed by atoms with Gasteiger partial charge in [0, 0.05) is 12.4 Å². The molecule has 4 aromatic rings. The van der Waals surface area contributed by atoms with Crippen LogP contribution in [0.4, 0.5) is 0 Å². The van der Waals surface area contributed by atoms with Gasteiger partial charge in [0.25, 0.3) is 0 Å². The Morgan fingerprint density at radius 2 is 1.37 bits per heavy atom. The number of hydrogen-bond acceptors (Lipinski definition) is 4. The normalized spacial score (nSPS) is 10.5. The van der Waals surface area contributed by atoms with Crippen LogP contribution in [0.1, 0.15) is 10.4 Å². The van der Waals surface area contributed by atoms with Gasteiger partial charge in [-0.2, -0.15) is 0 Å². The van der Waals surface area contributed by atoms with E-state index in [9.17, 15) is 9.90 Å². The van der Waals surface area contributed by atoms with E-state index in [1.807, 2.05) is 60.7 Å². The van der Waals surface area contributed by atoms with E-state index in [1.165, 1.54) is 18.3 Å². The number of nitrogens with zero attached hydrogens (tertiary/aromatic N) is 3. The molecule has 0 fully saturated rings. The molecule has 0 spiro atoms.